The molecule has 1 saturated heterocycles. The number of hydrogen-bond acceptors (Lipinski definition) is 3. The Labute approximate surface area is 125 Å². The van der Waals surface area contributed by atoms with E-state index < -0.39 is 0 Å². The number of nitrogens with one attached hydrogen (secondary N) is 1. The van der Waals surface area contributed by atoms with Gasteiger partial charge < -0.3 is 15.0 Å². The Morgan fingerprint density at radius 1 is 1.43 bits per heavy atom. The highest BCUT2D eigenvalue weighted by Gasteiger charge is 2.29. The lowest BCUT2D eigenvalue weighted by molar-refractivity contribution is -0.128. The fourth-order valence-electron chi connectivity index (χ4n) is 2.77. The van der Waals surface area contributed by atoms with Crippen LogP contribution in [0.25, 0.3) is 0 Å². The van der Waals surface area contributed by atoms with Gasteiger partial charge in [0.2, 0.25) is 5.91 Å². The molecule has 0 aromatic heterocycles. The molecule has 1 aromatic rings. The number of likely N-dealkylation sites (tertiary alicyclic amines) is 1. The maximum absolute atomic E-state index is 11.9. The van der Waals surface area contributed by atoms with Crippen LogP contribution in [-0.2, 0) is 16.0 Å². The lowest BCUT2D eigenvalue weighted by Crippen LogP contribution is -2.29. The van der Waals surface area contributed by atoms with Crippen LogP contribution in [0.5, 0.6) is 0 Å². The highest BCUT2D eigenvalue weighted by molar-refractivity contribution is 5.95. The van der Waals surface area contributed by atoms with E-state index in [2.05, 4.69) is 5.32 Å². The summed E-state index contributed by atoms with van der Waals surface area (Å²) in [5.41, 5.74) is 1.70. The Kier molecular flexibility index (Phi) is 5.33. The van der Waals surface area contributed by atoms with Crippen LogP contribution in [0.1, 0.15) is 22.3 Å². The molecule has 1 atom stereocenters. The summed E-state index contributed by atoms with van der Waals surface area (Å²) in [6.07, 6.45) is 1.30. The first-order chi connectivity index (χ1) is 10.2. The average Bonchev–Trinajstić information content (AvgIpc) is 2.84. The van der Waals surface area contributed by atoms with E-state index in [1.165, 1.54) is 0 Å². The monoisotopic (exact) mass is 290 g/mol. The first-order valence-corrected chi connectivity index (χ1v) is 7.22. The molecule has 1 aliphatic heterocycles. The summed E-state index contributed by atoms with van der Waals surface area (Å²) in [5.74, 6) is 0.362. The average molecular weight is 290 g/mol. The molecule has 114 valence electrons. The van der Waals surface area contributed by atoms with Crippen molar-refractivity contribution in [2.75, 3.05) is 33.9 Å². The second kappa shape index (κ2) is 7.22. The molecule has 2 amide bonds. The molecule has 0 spiro atoms. The maximum atomic E-state index is 11.9. The molecule has 0 saturated carbocycles. The summed E-state index contributed by atoms with van der Waals surface area (Å²) in [4.78, 5) is 25.7. The SMILES string of the molecule is CNC(=O)c1ccccc1CC1CC(=O)N(CCOC)C1. The van der Waals surface area contributed by atoms with Crippen LogP contribution in [0.4, 0.5) is 0 Å². The summed E-state index contributed by atoms with van der Waals surface area (Å²) < 4.78 is 5.02. The van der Waals surface area contributed by atoms with E-state index in [-0.39, 0.29) is 17.7 Å². The van der Waals surface area contributed by atoms with Gasteiger partial charge >= 0.3 is 0 Å². The molecule has 1 unspecified atom stereocenters. The Balaban J connectivity index is 2.03. The van der Waals surface area contributed by atoms with E-state index in [0.717, 1.165) is 18.5 Å². The van der Waals surface area contributed by atoms with Gasteiger partial charge in [0.1, 0.15) is 0 Å². The molecule has 5 nitrogen and oxygen atoms in total. The predicted octanol–water partition coefficient (Wildman–Crippen LogP) is 1.08. The van der Waals surface area contributed by atoms with Crippen LogP contribution in [0.2, 0.25) is 0 Å². The van der Waals surface area contributed by atoms with Gasteiger partial charge in [0.25, 0.3) is 5.91 Å². The van der Waals surface area contributed by atoms with Crippen LogP contribution >= 0.6 is 0 Å². The summed E-state index contributed by atoms with van der Waals surface area (Å²) >= 11 is 0. The lowest BCUT2D eigenvalue weighted by Gasteiger charge is -2.16. The normalized spacial score (nSPS) is 18.1. The van der Waals surface area contributed by atoms with Gasteiger partial charge in [-0.05, 0) is 24.0 Å². The van der Waals surface area contributed by atoms with Crippen LogP contribution in [0.15, 0.2) is 24.3 Å². The fourth-order valence-corrected chi connectivity index (χ4v) is 2.77. The van der Waals surface area contributed by atoms with Gasteiger partial charge in [-0.25, -0.2) is 0 Å². The molecular formula is C16H22N2O3. The molecule has 1 heterocycles. The van der Waals surface area contributed by atoms with Gasteiger partial charge in [-0.2, -0.15) is 0 Å². The smallest absolute Gasteiger partial charge is 0.251 e. The van der Waals surface area contributed by atoms with Gasteiger partial charge in [-0.3, -0.25) is 9.59 Å². The number of carbonyl (C=O) groups excluding carboxylic acids is 2. The Morgan fingerprint density at radius 3 is 2.90 bits per heavy atom. The van der Waals surface area contributed by atoms with Gasteiger partial charge in [0.15, 0.2) is 0 Å². The van der Waals surface area contributed by atoms with Crippen LogP contribution in [-0.4, -0.2) is 50.6 Å². The highest BCUT2D eigenvalue weighted by Crippen LogP contribution is 2.23. The Hall–Kier alpha value is -1.88. The molecule has 1 aromatic carbocycles. The highest BCUT2D eigenvalue weighted by atomic mass is 16.5. The zero-order valence-corrected chi connectivity index (χ0v) is 12.6. The van der Waals surface area contributed by atoms with Crippen molar-refractivity contribution in [1.82, 2.24) is 10.2 Å². The molecule has 0 bridgehead atoms. The van der Waals surface area contributed by atoms with Gasteiger partial charge in [-0.15, -0.1) is 0 Å². The van der Waals surface area contributed by atoms with Gasteiger partial charge in [-0.1, -0.05) is 18.2 Å². The summed E-state index contributed by atoms with van der Waals surface area (Å²) in [6.45, 7) is 1.94. The second-order valence-corrected chi connectivity index (χ2v) is 5.34. The minimum Gasteiger partial charge on any atom is -0.383 e. The fraction of sp³-hybridized carbons (Fsp3) is 0.500. The van der Waals surface area contributed by atoms with Crippen molar-refractivity contribution in [1.29, 1.82) is 0 Å². The number of ether oxygens (including phenoxy) is 1. The topological polar surface area (TPSA) is 58.6 Å². The number of amides is 2. The van der Waals surface area contributed by atoms with Crippen molar-refractivity contribution in [2.24, 2.45) is 5.92 Å². The minimum atomic E-state index is -0.0776. The van der Waals surface area contributed by atoms with Crippen molar-refractivity contribution in [3.8, 4) is 0 Å². The molecule has 5 heteroatoms. The molecule has 1 N–H and O–H groups in total. The summed E-state index contributed by atoms with van der Waals surface area (Å²) in [7, 11) is 3.27. The van der Waals surface area contributed by atoms with E-state index in [0.29, 0.717) is 25.1 Å². The molecule has 0 aliphatic carbocycles. The molecule has 21 heavy (non-hydrogen) atoms. The summed E-state index contributed by atoms with van der Waals surface area (Å²) in [5, 5.41) is 2.66. The van der Waals surface area contributed by atoms with Gasteiger partial charge in [0, 0.05) is 39.2 Å². The van der Waals surface area contributed by atoms with Crippen LogP contribution < -0.4 is 5.32 Å². The first-order valence-electron chi connectivity index (χ1n) is 7.22. The molecule has 1 fully saturated rings. The molecule has 2 rings (SSSR count). The number of benzene rings is 1. The number of methoxy groups -OCH3 is 1. The van der Waals surface area contributed by atoms with E-state index in [9.17, 15) is 9.59 Å². The largest absolute Gasteiger partial charge is 0.383 e. The maximum Gasteiger partial charge on any atom is 0.251 e. The first kappa shape index (κ1) is 15.5. The molecule has 1 aliphatic rings. The number of nitrogens with zero attached hydrogens (tertiary/aromatic N) is 1. The zero-order valence-electron chi connectivity index (χ0n) is 12.6. The minimum absolute atomic E-state index is 0.0776. The standard InChI is InChI=1S/C16H22N2O3/c1-17-16(20)14-6-4-3-5-13(14)9-12-10-15(19)18(11-12)7-8-21-2/h3-6,12H,7-11H2,1-2H3,(H,17,20). The van der Waals surface area contributed by atoms with Crippen molar-refractivity contribution >= 4 is 11.8 Å². The third-order valence-electron chi connectivity index (χ3n) is 3.86. The number of carbonyl (C=O) groups is 2. The third kappa shape index (κ3) is 3.82. The third-order valence-corrected chi connectivity index (χ3v) is 3.86. The van der Waals surface area contributed by atoms with Crippen LogP contribution in [0.3, 0.4) is 0 Å². The lowest BCUT2D eigenvalue weighted by atomic mass is 9.94. The van der Waals surface area contributed by atoms with E-state index in [1.54, 1.807) is 14.2 Å². The second-order valence-electron chi connectivity index (χ2n) is 5.34. The van der Waals surface area contributed by atoms with E-state index in [4.69, 9.17) is 4.74 Å². The zero-order chi connectivity index (χ0) is 15.2. The van der Waals surface area contributed by atoms with Crippen molar-refractivity contribution in [2.45, 2.75) is 12.8 Å². The van der Waals surface area contributed by atoms with Crippen molar-refractivity contribution < 1.29 is 14.3 Å². The van der Waals surface area contributed by atoms with Crippen molar-refractivity contribution in [3.63, 3.8) is 0 Å². The van der Waals surface area contributed by atoms with Crippen LogP contribution in [0, 0.1) is 5.92 Å². The predicted molar refractivity (Wildman–Crippen MR) is 80.1 cm³/mol. The van der Waals surface area contributed by atoms with Crippen molar-refractivity contribution in [3.05, 3.63) is 35.4 Å². The van der Waals surface area contributed by atoms with E-state index >= 15 is 0 Å². The number of rotatable bonds is 6. The molecule has 0 radical (unpaired) electrons. The number of hydrogen-bond donors (Lipinski definition) is 1. The van der Waals surface area contributed by atoms with E-state index in [1.807, 2.05) is 29.2 Å². The Bertz CT molecular complexity index is 516. The van der Waals surface area contributed by atoms with Gasteiger partial charge in [0.05, 0.1) is 6.61 Å². The Morgan fingerprint density at radius 2 is 2.19 bits per heavy atom. The summed E-state index contributed by atoms with van der Waals surface area (Å²) in [6, 6.07) is 7.58. The quantitative estimate of drug-likeness (QED) is 0.853. The molecular weight excluding hydrogens is 268 g/mol.